The summed E-state index contributed by atoms with van der Waals surface area (Å²) in [6.07, 6.45) is 4.20. The van der Waals surface area contributed by atoms with Gasteiger partial charge < -0.3 is 10.8 Å². The molecule has 0 aromatic heterocycles. The zero-order valence-electron chi connectivity index (χ0n) is 7.66. The second kappa shape index (κ2) is 3.04. The highest BCUT2D eigenvalue weighted by Crippen LogP contribution is 2.34. The van der Waals surface area contributed by atoms with Crippen LogP contribution in [0.2, 0.25) is 0 Å². The lowest BCUT2D eigenvalue weighted by molar-refractivity contribution is 0.245. The average Bonchev–Trinajstić information content (AvgIpc) is 2.06. The first kappa shape index (κ1) is 8.57. The van der Waals surface area contributed by atoms with Gasteiger partial charge in [0.25, 0.3) is 0 Å². The summed E-state index contributed by atoms with van der Waals surface area (Å²) in [5.41, 5.74) is 7.03. The number of phenolic OH excluding ortho intramolecular Hbond substituents is 1. The smallest absolute Gasteiger partial charge is 0.118 e. The van der Waals surface area contributed by atoms with Crippen LogP contribution in [-0.4, -0.2) is 10.6 Å². The molecule has 0 amide bonds. The fourth-order valence-corrected chi connectivity index (χ4v) is 1.85. The maximum absolute atomic E-state index is 9.54. The Labute approximate surface area is 78.4 Å². The van der Waals surface area contributed by atoms with Crippen LogP contribution in [0.5, 0.6) is 5.75 Å². The first-order valence-electron chi connectivity index (χ1n) is 4.75. The van der Waals surface area contributed by atoms with Crippen LogP contribution in [0.1, 0.15) is 24.8 Å². The Morgan fingerprint density at radius 1 is 1.31 bits per heavy atom. The van der Waals surface area contributed by atoms with Gasteiger partial charge in [-0.1, -0.05) is 18.2 Å². The number of phenols is 1. The highest BCUT2D eigenvalue weighted by Gasteiger charge is 2.32. The Balaban J connectivity index is 2.13. The van der Waals surface area contributed by atoms with Crippen molar-refractivity contribution >= 4 is 0 Å². The molecule has 1 aromatic carbocycles. The molecule has 3 N–H and O–H groups in total. The van der Waals surface area contributed by atoms with Gasteiger partial charge in [-0.25, -0.2) is 0 Å². The predicted molar refractivity (Wildman–Crippen MR) is 52.6 cm³/mol. The van der Waals surface area contributed by atoms with E-state index in [1.165, 1.54) is 6.42 Å². The van der Waals surface area contributed by atoms with Crippen molar-refractivity contribution in [2.24, 2.45) is 5.73 Å². The van der Waals surface area contributed by atoms with Crippen LogP contribution in [0.4, 0.5) is 0 Å². The lowest BCUT2D eigenvalue weighted by atomic mass is 9.73. The molecule has 1 aliphatic rings. The zero-order valence-corrected chi connectivity index (χ0v) is 7.66. The van der Waals surface area contributed by atoms with Crippen LogP contribution < -0.4 is 5.73 Å². The van der Waals surface area contributed by atoms with Gasteiger partial charge >= 0.3 is 0 Å². The zero-order chi connectivity index (χ0) is 9.31. The van der Waals surface area contributed by atoms with E-state index in [-0.39, 0.29) is 5.54 Å². The topological polar surface area (TPSA) is 46.2 Å². The summed E-state index contributed by atoms with van der Waals surface area (Å²) in [4.78, 5) is 0. The summed E-state index contributed by atoms with van der Waals surface area (Å²) < 4.78 is 0. The third-order valence-corrected chi connectivity index (χ3v) is 2.88. The summed E-state index contributed by atoms with van der Waals surface area (Å²) in [5.74, 6) is 0.374. The predicted octanol–water partition coefficient (Wildman–Crippen LogP) is 1.82. The Hall–Kier alpha value is -1.02. The van der Waals surface area contributed by atoms with Gasteiger partial charge in [0, 0.05) is 5.54 Å². The second-order valence-electron chi connectivity index (χ2n) is 4.02. The molecule has 1 aliphatic carbocycles. The monoisotopic (exact) mass is 177 g/mol. The van der Waals surface area contributed by atoms with Crippen LogP contribution in [0.3, 0.4) is 0 Å². The SMILES string of the molecule is NC1(Cc2ccccc2O)CCC1. The maximum Gasteiger partial charge on any atom is 0.118 e. The molecule has 0 unspecified atom stereocenters. The summed E-state index contributed by atoms with van der Waals surface area (Å²) in [6, 6.07) is 7.44. The molecule has 1 saturated carbocycles. The minimum absolute atomic E-state index is 0.0428. The second-order valence-corrected chi connectivity index (χ2v) is 4.02. The largest absolute Gasteiger partial charge is 0.508 e. The van der Waals surface area contributed by atoms with Gasteiger partial charge in [-0.15, -0.1) is 0 Å². The molecule has 13 heavy (non-hydrogen) atoms. The molecule has 2 nitrogen and oxygen atoms in total. The molecule has 0 spiro atoms. The van der Waals surface area contributed by atoms with Crippen molar-refractivity contribution in [3.63, 3.8) is 0 Å². The summed E-state index contributed by atoms with van der Waals surface area (Å²) in [7, 11) is 0. The fraction of sp³-hybridized carbons (Fsp3) is 0.455. The van der Waals surface area contributed by atoms with Gasteiger partial charge in [-0.05, 0) is 37.3 Å². The molecule has 1 aromatic rings. The fourth-order valence-electron chi connectivity index (χ4n) is 1.85. The molecule has 0 atom stereocenters. The van der Waals surface area contributed by atoms with E-state index >= 15 is 0 Å². The normalized spacial score (nSPS) is 19.5. The van der Waals surface area contributed by atoms with E-state index in [1.54, 1.807) is 6.07 Å². The van der Waals surface area contributed by atoms with Gasteiger partial charge in [-0.3, -0.25) is 0 Å². The summed E-state index contributed by atoms with van der Waals surface area (Å²) >= 11 is 0. The minimum atomic E-state index is -0.0428. The van der Waals surface area contributed by atoms with Crippen molar-refractivity contribution in [2.75, 3.05) is 0 Å². The molecule has 70 valence electrons. The van der Waals surface area contributed by atoms with Gasteiger partial charge in [0.1, 0.15) is 5.75 Å². The lowest BCUT2D eigenvalue weighted by Crippen LogP contribution is -2.48. The highest BCUT2D eigenvalue weighted by molar-refractivity contribution is 5.33. The third-order valence-electron chi connectivity index (χ3n) is 2.88. The quantitative estimate of drug-likeness (QED) is 0.723. The number of para-hydroxylation sites is 1. The minimum Gasteiger partial charge on any atom is -0.508 e. The first-order valence-corrected chi connectivity index (χ1v) is 4.75. The van der Waals surface area contributed by atoms with E-state index in [4.69, 9.17) is 5.73 Å². The number of aromatic hydroxyl groups is 1. The van der Waals surface area contributed by atoms with E-state index in [0.29, 0.717) is 5.75 Å². The number of nitrogens with two attached hydrogens (primary N) is 1. The van der Waals surface area contributed by atoms with Crippen LogP contribution in [0, 0.1) is 0 Å². The Kier molecular flexibility index (Phi) is 2.00. The van der Waals surface area contributed by atoms with Crippen molar-refractivity contribution < 1.29 is 5.11 Å². The molecule has 1 fully saturated rings. The van der Waals surface area contributed by atoms with Gasteiger partial charge in [0.2, 0.25) is 0 Å². The van der Waals surface area contributed by atoms with Crippen LogP contribution in [0.25, 0.3) is 0 Å². The van der Waals surface area contributed by atoms with Gasteiger partial charge in [0.15, 0.2) is 0 Å². The molecular weight excluding hydrogens is 162 g/mol. The standard InChI is InChI=1S/C11H15NO/c12-11(6-3-7-11)8-9-4-1-2-5-10(9)13/h1-2,4-5,13H,3,6-8,12H2. The van der Waals surface area contributed by atoms with Crippen molar-refractivity contribution in [2.45, 2.75) is 31.2 Å². The van der Waals surface area contributed by atoms with E-state index in [2.05, 4.69) is 0 Å². The Morgan fingerprint density at radius 3 is 2.54 bits per heavy atom. The van der Waals surface area contributed by atoms with Crippen LogP contribution in [0.15, 0.2) is 24.3 Å². The first-order chi connectivity index (χ1) is 6.20. The molecule has 0 saturated heterocycles. The van der Waals surface area contributed by atoms with Crippen molar-refractivity contribution in [3.05, 3.63) is 29.8 Å². The number of benzene rings is 1. The number of hydrogen-bond acceptors (Lipinski definition) is 2. The Bertz CT molecular complexity index is 305. The molecular formula is C11H15NO. The van der Waals surface area contributed by atoms with Crippen LogP contribution in [-0.2, 0) is 6.42 Å². The maximum atomic E-state index is 9.54. The lowest BCUT2D eigenvalue weighted by Gasteiger charge is -2.38. The van der Waals surface area contributed by atoms with Crippen LogP contribution >= 0.6 is 0 Å². The molecule has 0 bridgehead atoms. The molecule has 0 aliphatic heterocycles. The van der Waals surface area contributed by atoms with E-state index in [9.17, 15) is 5.11 Å². The highest BCUT2D eigenvalue weighted by atomic mass is 16.3. The summed E-state index contributed by atoms with van der Waals surface area (Å²) in [6.45, 7) is 0. The number of hydrogen-bond donors (Lipinski definition) is 2. The van der Waals surface area contributed by atoms with Gasteiger partial charge in [-0.2, -0.15) is 0 Å². The Morgan fingerprint density at radius 2 is 2.00 bits per heavy atom. The molecule has 2 heteroatoms. The molecule has 2 rings (SSSR count). The summed E-state index contributed by atoms with van der Waals surface area (Å²) in [5, 5.41) is 9.54. The van der Waals surface area contributed by atoms with E-state index in [0.717, 1.165) is 24.8 Å². The molecule has 0 heterocycles. The van der Waals surface area contributed by atoms with Crippen molar-refractivity contribution in [1.82, 2.24) is 0 Å². The third kappa shape index (κ3) is 1.68. The average molecular weight is 177 g/mol. The van der Waals surface area contributed by atoms with Gasteiger partial charge in [0.05, 0.1) is 0 Å². The van der Waals surface area contributed by atoms with Crippen molar-refractivity contribution in [1.29, 1.82) is 0 Å². The van der Waals surface area contributed by atoms with Crippen molar-refractivity contribution in [3.8, 4) is 5.75 Å². The van der Waals surface area contributed by atoms with E-state index in [1.807, 2.05) is 18.2 Å². The van der Waals surface area contributed by atoms with E-state index < -0.39 is 0 Å². The number of rotatable bonds is 2. The molecule has 0 radical (unpaired) electrons.